The molecule has 3 nitrogen and oxygen atoms in total. The molecule has 0 unspecified atom stereocenters. The number of carbonyl (C=O) groups is 2. The van der Waals surface area contributed by atoms with Gasteiger partial charge in [0.2, 0.25) is 0 Å². The van der Waals surface area contributed by atoms with Crippen molar-refractivity contribution in [3.8, 4) is 0 Å². The molecule has 0 N–H and O–H groups in total. The van der Waals surface area contributed by atoms with Gasteiger partial charge in [-0.2, -0.15) is 0 Å². The topological polar surface area (TPSA) is 43.4 Å². The molecule has 55 valence electrons. The van der Waals surface area contributed by atoms with Gasteiger partial charge in [-0.25, -0.2) is 0 Å². The summed E-state index contributed by atoms with van der Waals surface area (Å²) < 4.78 is 4.31. The first-order chi connectivity index (χ1) is 3.63. The van der Waals surface area contributed by atoms with Gasteiger partial charge in [-0.05, 0) is 6.92 Å². The quantitative estimate of drug-likeness (QED) is 0.560. The average molecular weight is 175 g/mol. The van der Waals surface area contributed by atoms with Crippen LogP contribution in [0.5, 0.6) is 0 Å². The van der Waals surface area contributed by atoms with E-state index in [0.717, 1.165) is 0 Å². The maximum Gasteiger partial charge on any atom is 0.303 e. The molecule has 4 heteroatoms. The van der Waals surface area contributed by atoms with E-state index in [0.29, 0.717) is 0 Å². The fraction of sp³-hybridized carbons (Fsp3) is 0.600. The second-order valence-corrected chi connectivity index (χ2v) is 1.48. The van der Waals surface area contributed by atoms with Crippen LogP contribution in [-0.2, 0) is 31.1 Å². The SMILES string of the molecule is CC(=O)COC(C)=O.[Co]. The van der Waals surface area contributed by atoms with E-state index < -0.39 is 5.97 Å². The van der Waals surface area contributed by atoms with E-state index in [9.17, 15) is 9.59 Å². The van der Waals surface area contributed by atoms with Crippen LogP contribution >= 0.6 is 0 Å². The minimum atomic E-state index is -0.416. The molecule has 0 aliphatic carbocycles. The third-order valence-corrected chi connectivity index (χ3v) is 0.479. The Morgan fingerprint density at radius 2 is 1.78 bits per heavy atom. The van der Waals surface area contributed by atoms with Gasteiger partial charge in [-0.15, -0.1) is 0 Å². The predicted octanol–water partition coefficient (Wildman–Crippen LogP) is 0.136. The van der Waals surface area contributed by atoms with Crippen LogP contribution in [0, 0.1) is 0 Å². The summed E-state index contributed by atoms with van der Waals surface area (Å²) in [6, 6.07) is 0. The Bertz CT molecular complexity index is 96.8. The predicted molar refractivity (Wildman–Crippen MR) is 27.3 cm³/mol. The van der Waals surface area contributed by atoms with Gasteiger partial charge in [0.1, 0.15) is 6.61 Å². The Balaban J connectivity index is 0. The van der Waals surface area contributed by atoms with Gasteiger partial charge < -0.3 is 4.74 Å². The van der Waals surface area contributed by atoms with E-state index in [4.69, 9.17) is 0 Å². The third-order valence-electron chi connectivity index (χ3n) is 0.479. The summed E-state index contributed by atoms with van der Waals surface area (Å²) in [5, 5.41) is 0. The van der Waals surface area contributed by atoms with Crippen molar-refractivity contribution in [2.24, 2.45) is 0 Å². The van der Waals surface area contributed by atoms with Gasteiger partial charge in [0.05, 0.1) is 0 Å². The fourth-order valence-corrected chi connectivity index (χ4v) is 0.203. The van der Waals surface area contributed by atoms with Crippen molar-refractivity contribution in [2.75, 3.05) is 6.61 Å². The molecule has 0 aliphatic heterocycles. The molecule has 0 amide bonds. The van der Waals surface area contributed by atoms with E-state index in [1.54, 1.807) is 0 Å². The molecule has 0 bridgehead atoms. The summed E-state index contributed by atoms with van der Waals surface area (Å²) in [5.41, 5.74) is 0. The van der Waals surface area contributed by atoms with E-state index in [2.05, 4.69) is 4.74 Å². The van der Waals surface area contributed by atoms with Crippen LogP contribution in [0.2, 0.25) is 0 Å². The molecule has 0 heterocycles. The van der Waals surface area contributed by atoms with Crippen molar-refractivity contribution in [2.45, 2.75) is 13.8 Å². The van der Waals surface area contributed by atoms with Gasteiger partial charge in [0.25, 0.3) is 0 Å². The Labute approximate surface area is 64.0 Å². The number of esters is 1. The summed E-state index contributed by atoms with van der Waals surface area (Å²) in [4.78, 5) is 20.0. The summed E-state index contributed by atoms with van der Waals surface area (Å²) >= 11 is 0. The molecule has 1 radical (unpaired) electrons. The number of hydrogen-bond donors (Lipinski definition) is 0. The molecular weight excluding hydrogens is 167 g/mol. The van der Waals surface area contributed by atoms with Crippen molar-refractivity contribution >= 4 is 11.8 Å². The Morgan fingerprint density at radius 1 is 1.33 bits per heavy atom. The van der Waals surface area contributed by atoms with Crippen LogP contribution in [-0.4, -0.2) is 18.4 Å². The number of hydrogen-bond acceptors (Lipinski definition) is 3. The van der Waals surface area contributed by atoms with Crippen molar-refractivity contribution in [1.82, 2.24) is 0 Å². The fourth-order valence-electron chi connectivity index (χ4n) is 0.203. The van der Waals surface area contributed by atoms with Crippen molar-refractivity contribution < 1.29 is 31.1 Å². The largest absolute Gasteiger partial charge is 0.458 e. The third kappa shape index (κ3) is 11.3. The molecule has 0 saturated carbocycles. The molecule has 0 rings (SSSR count). The summed E-state index contributed by atoms with van der Waals surface area (Å²) in [6.45, 7) is 2.53. The first-order valence-corrected chi connectivity index (χ1v) is 2.25. The molecule has 0 aromatic rings. The number of carbonyl (C=O) groups excluding carboxylic acids is 2. The zero-order chi connectivity index (χ0) is 6.57. The molecule has 0 atom stereocenters. The standard InChI is InChI=1S/C5H8O3.Co/c1-4(6)3-8-5(2)7;/h3H2,1-2H3;. The normalized spacial score (nSPS) is 7.33. The van der Waals surface area contributed by atoms with Crippen LogP contribution in [0.4, 0.5) is 0 Å². The van der Waals surface area contributed by atoms with E-state index in [1.165, 1.54) is 13.8 Å². The Morgan fingerprint density at radius 3 is 1.89 bits per heavy atom. The van der Waals surface area contributed by atoms with E-state index in [-0.39, 0.29) is 29.2 Å². The molecule has 0 aliphatic rings. The maximum absolute atomic E-state index is 10.1. The number of Topliss-reactive ketones (excluding diaryl/α,β-unsaturated/α-hetero) is 1. The van der Waals surface area contributed by atoms with Crippen molar-refractivity contribution in [3.63, 3.8) is 0 Å². The minimum absolute atomic E-state index is 0. The van der Waals surface area contributed by atoms with E-state index in [1.807, 2.05) is 0 Å². The molecule has 0 fully saturated rings. The van der Waals surface area contributed by atoms with Crippen LogP contribution in [0.1, 0.15) is 13.8 Å². The number of ketones is 1. The van der Waals surface area contributed by atoms with Crippen molar-refractivity contribution in [3.05, 3.63) is 0 Å². The van der Waals surface area contributed by atoms with Crippen LogP contribution < -0.4 is 0 Å². The average Bonchev–Trinajstić information content (AvgIpc) is 1.61. The van der Waals surface area contributed by atoms with Crippen molar-refractivity contribution in [1.29, 1.82) is 0 Å². The molecule has 0 saturated heterocycles. The first-order valence-electron chi connectivity index (χ1n) is 2.25. The molecule has 0 aromatic carbocycles. The van der Waals surface area contributed by atoms with Gasteiger partial charge in [0.15, 0.2) is 5.78 Å². The zero-order valence-electron chi connectivity index (χ0n) is 5.27. The molecular formula is C5H8CoO3. The van der Waals surface area contributed by atoms with Crippen LogP contribution in [0.25, 0.3) is 0 Å². The summed E-state index contributed by atoms with van der Waals surface area (Å²) in [5.74, 6) is -0.555. The Hall–Kier alpha value is -0.354. The van der Waals surface area contributed by atoms with Crippen LogP contribution in [0.15, 0.2) is 0 Å². The molecule has 0 spiro atoms. The first kappa shape index (κ1) is 11.4. The summed E-state index contributed by atoms with van der Waals surface area (Å²) in [6.07, 6.45) is 0. The van der Waals surface area contributed by atoms with Gasteiger partial charge in [-0.3, -0.25) is 9.59 Å². The maximum atomic E-state index is 10.1. The van der Waals surface area contributed by atoms with Crippen LogP contribution in [0.3, 0.4) is 0 Å². The molecule has 9 heavy (non-hydrogen) atoms. The summed E-state index contributed by atoms with van der Waals surface area (Å²) in [7, 11) is 0. The number of rotatable bonds is 2. The minimum Gasteiger partial charge on any atom is -0.458 e. The number of ether oxygens (including phenoxy) is 1. The second-order valence-electron chi connectivity index (χ2n) is 1.48. The Kier molecular flexibility index (Phi) is 7.35. The second kappa shape index (κ2) is 5.78. The monoisotopic (exact) mass is 175 g/mol. The van der Waals surface area contributed by atoms with E-state index >= 15 is 0 Å². The van der Waals surface area contributed by atoms with Gasteiger partial charge in [0, 0.05) is 23.7 Å². The zero-order valence-corrected chi connectivity index (χ0v) is 6.31. The van der Waals surface area contributed by atoms with Gasteiger partial charge >= 0.3 is 5.97 Å². The van der Waals surface area contributed by atoms with Gasteiger partial charge in [-0.1, -0.05) is 0 Å². The molecule has 0 aromatic heterocycles. The smallest absolute Gasteiger partial charge is 0.303 e.